The number of nitrogens with one attached hydrogen (secondary N) is 2. The molecule has 2 amide bonds. The SMILES string of the molecule is CCNC(=O)Nc1ncc[se]1. The number of nitrogens with zero attached hydrogens (tertiary/aromatic N) is 1. The van der Waals surface area contributed by atoms with Crippen molar-refractivity contribution in [1.82, 2.24) is 10.3 Å². The fourth-order valence-electron chi connectivity index (χ4n) is 0.587. The van der Waals surface area contributed by atoms with E-state index >= 15 is 0 Å². The quantitative estimate of drug-likeness (QED) is 0.700. The van der Waals surface area contributed by atoms with Crippen LogP contribution < -0.4 is 10.6 Å². The summed E-state index contributed by atoms with van der Waals surface area (Å²) >= 11 is 0.213. The third kappa shape index (κ3) is 2.74. The first-order valence-electron chi connectivity index (χ1n) is 3.27. The fourth-order valence-corrected chi connectivity index (χ4v) is 1.69. The van der Waals surface area contributed by atoms with Gasteiger partial charge in [-0.05, 0) is 0 Å². The van der Waals surface area contributed by atoms with Gasteiger partial charge in [0, 0.05) is 0 Å². The molecule has 0 aliphatic heterocycles. The van der Waals surface area contributed by atoms with Gasteiger partial charge in [0.15, 0.2) is 0 Å². The Kier molecular flexibility index (Phi) is 3.13. The molecule has 0 saturated heterocycles. The number of rotatable bonds is 2. The van der Waals surface area contributed by atoms with Crippen LogP contribution in [0.1, 0.15) is 6.92 Å². The number of hydrogen-bond acceptors (Lipinski definition) is 2. The normalized spacial score (nSPS) is 9.18. The molecule has 0 spiro atoms. The number of hydrogen-bond donors (Lipinski definition) is 2. The van der Waals surface area contributed by atoms with Gasteiger partial charge in [-0.3, -0.25) is 0 Å². The van der Waals surface area contributed by atoms with Crippen LogP contribution in [0.15, 0.2) is 11.1 Å². The second kappa shape index (κ2) is 4.16. The van der Waals surface area contributed by atoms with E-state index in [0.29, 0.717) is 6.54 Å². The maximum absolute atomic E-state index is 10.9. The van der Waals surface area contributed by atoms with Gasteiger partial charge >= 0.3 is 70.2 Å². The Labute approximate surface area is 70.8 Å². The van der Waals surface area contributed by atoms with Crippen LogP contribution in [0.2, 0.25) is 0 Å². The molecule has 11 heavy (non-hydrogen) atoms. The Hall–Kier alpha value is -0.801. The van der Waals surface area contributed by atoms with E-state index in [9.17, 15) is 4.79 Å². The van der Waals surface area contributed by atoms with Gasteiger partial charge in [-0.15, -0.1) is 0 Å². The summed E-state index contributed by atoms with van der Waals surface area (Å²) in [6.07, 6.45) is 1.71. The van der Waals surface area contributed by atoms with Crippen LogP contribution in [0.5, 0.6) is 0 Å². The Bertz CT molecular complexity index is 222. The van der Waals surface area contributed by atoms with Crippen LogP contribution >= 0.6 is 0 Å². The molecule has 0 aliphatic carbocycles. The first-order valence-corrected chi connectivity index (χ1v) is 5.12. The van der Waals surface area contributed by atoms with Gasteiger partial charge in [0.1, 0.15) is 0 Å². The monoisotopic (exact) mass is 219 g/mol. The van der Waals surface area contributed by atoms with Crippen molar-refractivity contribution in [2.45, 2.75) is 6.92 Å². The number of carbonyl (C=O) groups excluding carboxylic acids is 1. The summed E-state index contributed by atoms with van der Waals surface area (Å²) in [4.78, 5) is 16.8. The van der Waals surface area contributed by atoms with Crippen molar-refractivity contribution >= 4 is 25.2 Å². The number of aromatic nitrogens is 1. The van der Waals surface area contributed by atoms with Crippen LogP contribution in [0, 0.1) is 0 Å². The molecule has 0 aliphatic rings. The molecular formula is C6H9N3OSe. The van der Waals surface area contributed by atoms with Crippen LogP contribution in [0.25, 0.3) is 0 Å². The van der Waals surface area contributed by atoms with E-state index in [1.54, 1.807) is 6.20 Å². The Balaban J connectivity index is 2.37. The number of anilines is 1. The van der Waals surface area contributed by atoms with Gasteiger partial charge in [-0.25, -0.2) is 0 Å². The average Bonchev–Trinajstić information content (AvgIpc) is 2.40. The van der Waals surface area contributed by atoms with Gasteiger partial charge in [0.05, 0.1) is 0 Å². The molecular weight excluding hydrogens is 209 g/mol. The number of carbonyl (C=O) groups is 1. The predicted molar refractivity (Wildman–Crippen MR) is 43.9 cm³/mol. The van der Waals surface area contributed by atoms with Crippen molar-refractivity contribution in [2.24, 2.45) is 0 Å². The second-order valence-corrected chi connectivity index (χ2v) is 3.70. The van der Waals surface area contributed by atoms with Crippen molar-refractivity contribution in [3.8, 4) is 0 Å². The maximum atomic E-state index is 10.9. The first-order chi connectivity index (χ1) is 5.33. The zero-order valence-corrected chi connectivity index (χ0v) is 7.84. The zero-order valence-electron chi connectivity index (χ0n) is 6.13. The Morgan fingerprint density at radius 3 is 3.18 bits per heavy atom. The molecule has 1 aromatic heterocycles. The molecule has 5 heteroatoms. The van der Waals surface area contributed by atoms with E-state index in [-0.39, 0.29) is 20.5 Å². The summed E-state index contributed by atoms with van der Waals surface area (Å²) in [5, 5.41) is 5.27. The van der Waals surface area contributed by atoms with Crippen molar-refractivity contribution in [1.29, 1.82) is 0 Å². The first kappa shape index (κ1) is 8.30. The van der Waals surface area contributed by atoms with E-state index < -0.39 is 0 Å². The van der Waals surface area contributed by atoms with Gasteiger partial charge in [-0.1, -0.05) is 0 Å². The van der Waals surface area contributed by atoms with Crippen LogP contribution in [-0.2, 0) is 0 Å². The van der Waals surface area contributed by atoms with E-state index in [0.717, 1.165) is 4.69 Å². The van der Waals surface area contributed by atoms with E-state index in [4.69, 9.17) is 0 Å². The van der Waals surface area contributed by atoms with Crippen molar-refractivity contribution in [3.05, 3.63) is 11.1 Å². The van der Waals surface area contributed by atoms with Crippen molar-refractivity contribution in [2.75, 3.05) is 11.9 Å². The summed E-state index contributed by atoms with van der Waals surface area (Å²) < 4.78 is 0.767. The molecule has 1 heterocycles. The molecule has 0 atom stereocenters. The number of urea groups is 1. The molecule has 2 N–H and O–H groups in total. The van der Waals surface area contributed by atoms with Crippen molar-refractivity contribution < 1.29 is 4.79 Å². The van der Waals surface area contributed by atoms with Gasteiger partial charge in [0.2, 0.25) is 0 Å². The topological polar surface area (TPSA) is 54.0 Å². The molecule has 1 aromatic rings. The molecule has 4 nitrogen and oxygen atoms in total. The molecule has 0 bridgehead atoms. The summed E-state index contributed by atoms with van der Waals surface area (Å²) in [5.41, 5.74) is 0. The van der Waals surface area contributed by atoms with Crippen LogP contribution in [0.3, 0.4) is 0 Å². The summed E-state index contributed by atoms with van der Waals surface area (Å²) in [7, 11) is 0. The van der Waals surface area contributed by atoms with Gasteiger partial charge in [0.25, 0.3) is 0 Å². The van der Waals surface area contributed by atoms with Gasteiger partial charge < -0.3 is 0 Å². The second-order valence-electron chi connectivity index (χ2n) is 1.82. The number of amides is 2. The van der Waals surface area contributed by atoms with Crippen LogP contribution in [-0.4, -0.2) is 32.1 Å². The Morgan fingerprint density at radius 1 is 1.82 bits per heavy atom. The summed E-state index contributed by atoms with van der Waals surface area (Å²) in [6.45, 7) is 2.51. The summed E-state index contributed by atoms with van der Waals surface area (Å²) in [5.74, 6) is 0. The molecule has 0 fully saturated rings. The fraction of sp³-hybridized carbons (Fsp3) is 0.333. The van der Waals surface area contributed by atoms with Crippen molar-refractivity contribution in [3.63, 3.8) is 0 Å². The third-order valence-corrected chi connectivity index (χ3v) is 2.43. The molecule has 0 saturated carbocycles. The minimum atomic E-state index is -0.170. The molecule has 0 radical (unpaired) electrons. The van der Waals surface area contributed by atoms with Gasteiger partial charge in [-0.2, -0.15) is 0 Å². The zero-order chi connectivity index (χ0) is 8.10. The predicted octanol–water partition coefficient (Wildman–Crippen LogP) is 0.280. The molecule has 0 unspecified atom stereocenters. The third-order valence-electron chi connectivity index (χ3n) is 0.990. The molecule has 1 rings (SSSR count). The standard InChI is InChI=1S/C6H9N3OSe/c1-2-7-5(10)9-6-8-3-4-11-6/h3-4H,2H2,1H3,(H2,7,8,9,10). The van der Waals surface area contributed by atoms with E-state index in [1.165, 1.54) is 0 Å². The molecule has 0 aromatic carbocycles. The average molecular weight is 218 g/mol. The van der Waals surface area contributed by atoms with Crippen LogP contribution in [0.4, 0.5) is 9.49 Å². The summed E-state index contributed by atoms with van der Waals surface area (Å²) in [6, 6.07) is -0.170. The molecule has 60 valence electrons. The Morgan fingerprint density at radius 2 is 2.64 bits per heavy atom. The van der Waals surface area contributed by atoms with E-state index in [1.807, 2.05) is 11.9 Å². The minimum absolute atomic E-state index is 0.170. The van der Waals surface area contributed by atoms with E-state index in [2.05, 4.69) is 15.6 Å².